The Morgan fingerprint density at radius 3 is 2.68 bits per heavy atom. The summed E-state index contributed by atoms with van der Waals surface area (Å²) >= 11 is 0. The van der Waals surface area contributed by atoms with Gasteiger partial charge in [0, 0.05) is 44.0 Å². The van der Waals surface area contributed by atoms with Crippen LogP contribution >= 0.6 is 0 Å². The van der Waals surface area contributed by atoms with Crippen LogP contribution in [0, 0.1) is 23.2 Å². The minimum Gasteiger partial charge on any atom is -0.396 e. The van der Waals surface area contributed by atoms with Gasteiger partial charge in [-0.05, 0) is 32.1 Å². The van der Waals surface area contributed by atoms with Gasteiger partial charge in [-0.3, -0.25) is 0 Å². The van der Waals surface area contributed by atoms with E-state index >= 15 is 0 Å². The zero-order valence-corrected chi connectivity index (χ0v) is 14.2. The van der Waals surface area contributed by atoms with Crippen LogP contribution in [0.15, 0.2) is 12.2 Å². The molecule has 4 aliphatic rings. The number of ether oxygens (including phenoxy) is 2. The van der Waals surface area contributed by atoms with Gasteiger partial charge in [-0.15, -0.1) is 0 Å². The number of hydrogen-bond acceptors (Lipinski definition) is 4. The summed E-state index contributed by atoms with van der Waals surface area (Å²) in [5, 5.41) is 20.6. The second kappa shape index (κ2) is 4.34. The minimum atomic E-state index is -0.658. The van der Waals surface area contributed by atoms with Crippen molar-refractivity contribution in [2.75, 3.05) is 6.61 Å². The molecule has 1 aliphatic heterocycles. The molecule has 0 amide bonds. The fourth-order valence-electron chi connectivity index (χ4n) is 4.98. The molecule has 19 heavy (non-hydrogen) atoms. The first-order valence-electron chi connectivity index (χ1n) is 6.82. The predicted octanol–water partition coefficient (Wildman–Crippen LogP) is 0.679. The molecule has 3 aliphatic carbocycles. The summed E-state index contributed by atoms with van der Waals surface area (Å²) in [6, 6.07) is 0. The van der Waals surface area contributed by atoms with Crippen molar-refractivity contribution in [3.8, 4) is 0 Å². The molecule has 0 aromatic heterocycles. The average molecular weight is 341 g/mol. The Balaban J connectivity index is 0.00000110. The normalized spacial score (nSPS) is 56.0. The third kappa shape index (κ3) is 1.62. The molecule has 103 valence electrons. The Bertz CT molecular complexity index is 424. The van der Waals surface area contributed by atoms with Crippen LogP contribution < -0.4 is 0 Å². The van der Waals surface area contributed by atoms with Gasteiger partial charge in [0.1, 0.15) is 6.10 Å². The van der Waals surface area contributed by atoms with Crippen molar-refractivity contribution < 1.29 is 52.4 Å². The third-order valence-corrected chi connectivity index (χ3v) is 5.53. The second-order valence-corrected chi connectivity index (χ2v) is 6.70. The quantitative estimate of drug-likeness (QED) is 0.689. The van der Waals surface area contributed by atoms with Crippen molar-refractivity contribution in [3.05, 3.63) is 12.2 Å². The molecule has 7 atom stereocenters. The standard InChI is InChI=1S/C14H20O4.Y/c1-13(2)17-11-10(16)9-7-3-4-8(5-7)14(9,6-15)12(11)18-13;/h3-4,7-12,15-16H,5-6H2,1-2H3;/t7?,8?,9?,10-,11+,12+,14+;/m0./s1. The van der Waals surface area contributed by atoms with Crippen molar-refractivity contribution in [2.24, 2.45) is 23.2 Å². The van der Waals surface area contributed by atoms with Crippen LogP contribution in [0.2, 0.25) is 0 Å². The number of fused-ring (bicyclic) bond motifs is 7. The molecule has 3 unspecified atom stereocenters. The molecule has 0 aromatic carbocycles. The largest absolute Gasteiger partial charge is 0.396 e. The van der Waals surface area contributed by atoms with Crippen molar-refractivity contribution >= 4 is 0 Å². The molecule has 1 radical (unpaired) electrons. The predicted molar refractivity (Wildman–Crippen MR) is 63.6 cm³/mol. The van der Waals surface area contributed by atoms with Crippen LogP contribution in [-0.2, 0) is 42.2 Å². The summed E-state index contributed by atoms with van der Waals surface area (Å²) in [5.41, 5.74) is -0.336. The number of allylic oxidation sites excluding steroid dienone is 2. The Morgan fingerprint density at radius 2 is 2.00 bits per heavy atom. The molecule has 5 heteroatoms. The fraction of sp³-hybridized carbons (Fsp3) is 0.857. The van der Waals surface area contributed by atoms with Crippen LogP contribution in [0.25, 0.3) is 0 Å². The first-order chi connectivity index (χ1) is 8.49. The molecule has 2 bridgehead atoms. The topological polar surface area (TPSA) is 58.9 Å². The summed E-state index contributed by atoms with van der Waals surface area (Å²) in [6.07, 6.45) is 4.43. The van der Waals surface area contributed by atoms with Gasteiger partial charge in [-0.1, -0.05) is 12.2 Å². The van der Waals surface area contributed by atoms with E-state index in [4.69, 9.17) is 9.47 Å². The molecular weight excluding hydrogens is 321 g/mol. The zero-order valence-electron chi connectivity index (χ0n) is 11.3. The summed E-state index contributed by atoms with van der Waals surface area (Å²) in [7, 11) is 0. The van der Waals surface area contributed by atoms with E-state index in [-0.39, 0.29) is 62.9 Å². The summed E-state index contributed by atoms with van der Waals surface area (Å²) in [6.45, 7) is 3.82. The summed E-state index contributed by atoms with van der Waals surface area (Å²) in [4.78, 5) is 0. The molecule has 4 rings (SSSR count). The van der Waals surface area contributed by atoms with E-state index in [9.17, 15) is 10.2 Å². The van der Waals surface area contributed by atoms with E-state index < -0.39 is 11.9 Å². The summed E-state index contributed by atoms with van der Waals surface area (Å²) in [5.74, 6) is 0.121. The van der Waals surface area contributed by atoms with E-state index in [0.717, 1.165) is 6.42 Å². The van der Waals surface area contributed by atoms with Crippen LogP contribution in [0.3, 0.4) is 0 Å². The van der Waals surface area contributed by atoms with Crippen LogP contribution in [0.1, 0.15) is 20.3 Å². The van der Waals surface area contributed by atoms with Gasteiger partial charge >= 0.3 is 0 Å². The molecule has 0 aromatic rings. The molecule has 1 heterocycles. The monoisotopic (exact) mass is 341 g/mol. The van der Waals surface area contributed by atoms with Crippen molar-refractivity contribution in [1.82, 2.24) is 0 Å². The minimum absolute atomic E-state index is 0. The smallest absolute Gasteiger partial charge is 0.163 e. The van der Waals surface area contributed by atoms with Gasteiger partial charge in [0.25, 0.3) is 0 Å². The van der Waals surface area contributed by atoms with Crippen molar-refractivity contribution in [1.29, 1.82) is 0 Å². The van der Waals surface area contributed by atoms with Gasteiger partial charge < -0.3 is 19.7 Å². The third-order valence-electron chi connectivity index (χ3n) is 5.53. The fourth-order valence-corrected chi connectivity index (χ4v) is 4.98. The van der Waals surface area contributed by atoms with E-state index in [1.165, 1.54) is 0 Å². The van der Waals surface area contributed by atoms with Crippen molar-refractivity contribution in [2.45, 2.75) is 44.4 Å². The van der Waals surface area contributed by atoms with Crippen LogP contribution in [0.4, 0.5) is 0 Å². The Hall–Kier alpha value is 0.684. The van der Waals surface area contributed by atoms with E-state index in [0.29, 0.717) is 11.8 Å². The molecular formula is C14H20O4Y. The maximum atomic E-state index is 10.6. The number of rotatable bonds is 1. The molecule has 1 saturated heterocycles. The number of aliphatic hydroxyl groups excluding tert-OH is 2. The Labute approximate surface area is 138 Å². The first kappa shape index (κ1) is 14.6. The van der Waals surface area contributed by atoms with Crippen molar-refractivity contribution in [3.63, 3.8) is 0 Å². The van der Waals surface area contributed by atoms with E-state index in [1.807, 2.05) is 13.8 Å². The van der Waals surface area contributed by atoms with Gasteiger partial charge in [0.05, 0.1) is 18.8 Å². The number of aliphatic hydroxyl groups is 2. The van der Waals surface area contributed by atoms with E-state index in [2.05, 4.69) is 12.2 Å². The Kier molecular flexibility index (Phi) is 3.34. The molecule has 2 N–H and O–H groups in total. The first-order valence-corrected chi connectivity index (χ1v) is 6.82. The van der Waals surface area contributed by atoms with Gasteiger partial charge in [-0.25, -0.2) is 0 Å². The maximum absolute atomic E-state index is 10.6. The van der Waals surface area contributed by atoms with Gasteiger partial charge in [-0.2, -0.15) is 0 Å². The van der Waals surface area contributed by atoms with E-state index in [1.54, 1.807) is 0 Å². The molecule has 3 fully saturated rings. The second-order valence-electron chi connectivity index (χ2n) is 6.70. The maximum Gasteiger partial charge on any atom is 0.163 e. The number of hydrogen-bond donors (Lipinski definition) is 2. The average Bonchev–Trinajstić information content (AvgIpc) is 3.00. The Morgan fingerprint density at radius 1 is 1.26 bits per heavy atom. The molecule has 2 saturated carbocycles. The zero-order chi connectivity index (χ0) is 12.7. The molecule has 0 spiro atoms. The molecule has 4 nitrogen and oxygen atoms in total. The summed E-state index contributed by atoms with van der Waals surface area (Å²) < 4.78 is 11.9. The van der Waals surface area contributed by atoms with Gasteiger partial charge in [0.15, 0.2) is 5.79 Å². The van der Waals surface area contributed by atoms with Crippen LogP contribution in [0.5, 0.6) is 0 Å². The SMILES string of the molecule is CC1(C)O[C@H]2[C@@H](O1)[C@]1(CO)C3C=CC(C3)C1[C@@H]2O.[Y]. The van der Waals surface area contributed by atoms with Gasteiger partial charge in [0.2, 0.25) is 0 Å². The van der Waals surface area contributed by atoms with Crippen LogP contribution in [-0.4, -0.2) is 40.9 Å².